The van der Waals surface area contributed by atoms with Gasteiger partial charge in [-0.15, -0.1) is 0 Å². The number of rotatable bonds is 5. The van der Waals surface area contributed by atoms with Crippen molar-refractivity contribution in [3.8, 4) is 0 Å². The Hall–Kier alpha value is -0.790. The van der Waals surface area contributed by atoms with Gasteiger partial charge in [-0.1, -0.05) is 26.8 Å². The van der Waals surface area contributed by atoms with Crippen molar-refractivity contribution in [2.45, 2.75) is 53.1 Å². The molecule has 0 aromatic carbocycles. The molecule has 0 saturated heterocycles. The standard InChI is InChI=1S/C11H20O2/c1-5-8-9(4)11(12)13-10(6-2)7-3/h8,10H,5-7H2,1-4H3. The lowest BCUT2D eigenvalue weighted by atomic mass is 10.2. The molecule has 0 unspecified atom stereocenters. The molecule has 76 valence electrons. The summed E-state index contributed by atoms with van der Waals surface area (Å²) in [4.78, 5) is 11.4. The Kier molecular flexibility index (Phi) is 6.29. The van der Waals surface area contributed by atoms with Crippen molar-refractivity contribution in [3.63, 3.8) is 0 Å². The summed E-state index contributed by atoms with van der Waals surface area (Å²) >= 11 is 0. The molecule has 13 heavy (non-hydrogen) atoms. The monoisotopic (exact) mass is 184 g/mol. The first-order chi connectivity index (χ1) is 6.15. The molecule has 0 fully saturated rings. The molecule has 0 aromatic heterocycles. The zero-order valence-electron chi connectivity index (χ0n) is 9.09. The Labute approximate surface area is 81.0 Å². The second-order valence-corrected chi connectivity index (χ2v) is 3.14. The lowest BCUT2D eigenvalue weighted by molar-refractivity contribution is -0.144. The van der Waals surface area contributed by atoms with Crippen LogP contribution in [0.25, 0.3) is 0 Å². The van der Waals surface area contributed by atoms with Crippen molar-refractivity contribution in [1.29, 1.82) is 0 Å². The molecule has 0 amide bonds. The van der Waals surface area contributed by atoms with Gasteiger partial charge in [0, 0.05) is 5.57 Å². The second kappa shape index (κ2) is 6.70. The summed E-state index contributed by atoms with van der Waals surface area (Å²) in [5.74, 6) is -0.171. The van der Waals surface area contributed by atoms with E-state index in [1.54, 1.807) is 6.92 Å². The number of allylic oxidation sites excluding steroid dienone is 1. The first-order valence-electron chi connectivity index (χ1n) is 5.03. The van der Waals surface area contributed by atoms with Gasteiger partial charge in [0.15, 0.2) is 0 Å². The third-order valence-corrected chi connectivity index (χ3v) is 2.02. The Morgan fingerprint density at radius 2 is 1.85 bits per heavy atom. The predicted octanol–water partition coefficient (Wildman–Crippen LogP) is 3.07. The molecule has 0 radical (unpaired) electrons. The molecule has 0 saturated carbocycles. The summed E-state index contributed by atoms with van der Waals surface area (Å²) in [6, 6.07) is 0. The van der Waals surface area contributed by atoms with E-state index < -0.39 is 0 Å². The van der Waals surface area contributed by atoms with Crippen LogP contribution < -0.4 is 0 Å². The normalized spacial score (nSPS) is 11.9. The molecule has 0 N–H and O–H groups in total. The van der Waals surface area contributed by atoms with Gasteiger partial charge in [-0.25, -0.2) is 4.79 Å². The van der Waals surface area contributed by atoms with Crippen LogP contribution >= 0.6 is 0 Å². The van der Waals surface area contributed by atoms with Crippen LogP contribution in [0.4, 0.5) is 0 Å². The van der Waals surface area contributed by atoms with Crippen LogP contribution in [0.1, 0.15) is 47.0 Å². The van der Waals surface area contributed by atoms with E-state index in [0.717, 1.165) is 24.8 Å². The molecular weight excluding hydrogens is 164 g/mol. The third kappa shape index (κ3) is 4.71. The van der Waals surface area contributed by atoms with Crippen molar-refractivity contribution >= 4 is 5.97 Å². The van der Waals surface area contributed by atoms with E-state index in [4.69, 9.17) is 4.74 Å². The van der Waals surface area contributed by atoms with Crippen LogP contribution in [0.15, 0.2) is 11.6 Å². The molecule has 0 atom stereocenters. The van der Waals surface area contributed by atoms with Crippen molar-refractivity contribution < 1.29 is 9.53 Å². The van der Waals surface area contributed by atoms with Gasteiger partial charge >= 0.3 is 5.97 Å². The molecule has 0 aliphatic carbocycles. The topological polar surface area (TPSA) is 26.3 Å². The minimum Gasteiger partial charge on any atom is -0.459 e. The first kappa shape index (κ1) is 12.2. The molecule has 0 aromatic rings. The summed E-state index contributed by atoms with van der Waals surface area (Å²) in [7, 11) is 0. The Morgan fingerprint density at radius 3 is 2.23 bits per heavy atom. The van der Waals surface area contributed by atoms with E-state index in [1.165, 1.54) is 0 Å². The van der Waals surface area contributed by atoms with E-state index in [0.29, 0.717) is 0 Å². The lowest BCUT2D eigenvalue weighted by Crippen LogP contribution is -2.17. The number of hydrogen-bond acceptors (Lipinski definition) is 2. The van der Waals surface area contributed by atoms with Gasteiger partial charge < -0.3 is 4.74 Å². The van der Waals surface area contributed by atoms with Gasteiger partial charge in [-0.05, 0) is 26.2 Å². The Morgan fingerprint density at radius 1 is 1.31 bits per heavy atom. The fraction of sp³-hybridized carbons (Fsp3) is 0.727. The average Bonchev–Trinajstić information content (AvgIpc) is 2.14. The zero-order chi connectivity index (χ0) is 10.3. The minimum atomic E-state index is -0.171. The van der Waals surface area contributed by atoms with Crippen LogP contribution in [-0.2, 0) is 9.53 Å². The average molecular weight is 184 g/mol. The van der Waals surface area contributed by atoms with Crippen molar-refractivity contribution in [2.75, 3.05) is 0 Å². The fourth-order valence-electron chi connectivity index (χ4n) is 1.09. The SMILES string of the molecule is CCC=C(C)C(=O)OC(CC)CC. The summed E-state index contributed by atoms with van der Waals surface area (Å²) < 4.78 is 5.26. The number of carbonyl (C=O) groups excluding carboxylic acids is 1. The summed E-state index contributed by atoms with van der Waals surface area (Å²) in [6.07, 6.45) is 4.63. The molecule has 0 heterocycles. The molecule has 0 aliphatic heterocycles. The number of carbonyl (C=O) groups is 1. The van der Waals surface area contributed by atoms with E-state index >= 15 is 0 Å². The van der Waals surface area contributed by atoms with Gasteiger partial charge in [0.1, 0.15) is 6.10 Å². The first-order valence-corrected chi connectivity index (χ1v) is 5.03. The van der Waals surface area contributed by atoms with E-state index in [-0.39, 0.29) is 12.1 Å². The smallest absolute Gasteiger partial charge is 0.333 e. The van der Waals surface area contributed by atoms with Gasteiger partial charge in [-0.2, -0.15) is 0 Å². The fourth-order valence-corrected chi connectivity index (χ4v) is 1.09. The van der Waals surface area contributed by atoms with Gasteiger partial charge in [0.05, 0.1) is 0 Å². The quantitative estimate of drug-likeness (QED) is 0.485. The maximum Gasteiger partial charge on any atom is 0.333 e. The molecule has 2 heteroatoms. The maximum absolute atomic E-state index is 11.4. The summed E-state index contributed by atoms with van der Waals surface area (Å²) in [5.41, 5.74) is 0.717. The molecule has 0 spiro atoms. The third-order valence-electron chi connectivity index (χ3n) is 2.02. The van der Waals surface area contributed by atoms with Gasteiger partial charge in [-0.3, -0.25) is 0 Å². The van der Waals surface area contributed by atoms with Gasteiger partial charge in [0.25, 0.3) is 0 Å². The number of esters is 1. The number of ether oxygens (including phenoxy) is 1. The highest BCUT2D eigenvalue weighted by molar-refractivity contribution is 5.87. The van der Waals surface area contributed by atoms with Crippen LogP contribution in [0.5, 0.6) is 0 Å². The van der Waals surface area contributed by atoms with Crippen molar-refractivity contribution in [1.82, 2.24) is 0 Å². The zero-order valence-corrected chi connectivity index (χ0v) is 9.09. The van der Waals surface area contributed by atoms with Crippen molar-refractivity contribution in [3.05, 3.63) is 11.6 Å². The molecule has 0 bridgehead atoms. The Balaban J connectivity index is 4.05. The Bertz CT molecular complexity index is 179. The van der Waals surface area contributed by atoms with E-state index in [2.05, 4.69) is 0 Å². The highest BCUT2D eigenvalue weighted by atomic mass is 16.5. The summed E-state index contributed by atoms with van der Waals surface area (Å²) in [5, 5.41) is 0. The highest BCUT2D eigenvalue weighted by Gasteiger charge is 2.11. The lowest BCUT2D eigenvalue weighted by Gasteiger charge is -2.13. The minimum absolute atomic E-state index is 0.0766. The molecule has 2 nitrogen and oxygen atoms in total. The van der Waals surface area contributed by atoms with Crippen LogP contribution in [0.2, 0.25) is 0 Å². The van der Waals surface area contributed by atoms with E-state index in [9.17, 15) is 4.79 Å². The van der Waals surface area contributed by atoms with Crippen LogP contribution in [0, 0.1) is 0 Å². The maximum atomic E-state index is 11.4. The van der Waals surface area contributed by atoms with Crippen LogP contribution in [-0.4, -0.2) is 12.1 Å². The highest BCUT2D eigenvalue weighted by Crippen LogP contribution is 2.07. The molecule has 0 aliphatic rings. The largest absolute Gasteiger partial charge is 0.459 e. The predicted molar refractivity (Wildman–Crippen MR) is 54.5 cm³/mol. The van der Waals surface area contributed by atoms with Crippen LogP contribution in [0.3, 0.4) is 0 Å². The van der Waals surface area contributed by atoms with Crippen molar-refractivity contribution in [2.24, 2.45) is 0 Å². The summed E-state index contributed by atoms with van der Waals surface area (Å²) in [6.45, 7) is 7.86. The number of hydrogen-bond donors (Lipinski definition) is 0. The van der Waals surface area contributed by atoms with Gasteiger partial charge in [0.2, 0.25) is 0 Å². The second-order valence-electron chi connectivity index (χ2n) is 3.14. The van der Waals surface area contributed by atoms with E-state index in [1.807, 2.05) is 26.8 Å². The molecule has 0 rings (SSSR count). The molecular formula is C11H20O2.